The molecule has 0 radical (unpaired) electrons. The Morgan fingerprint density at radius 1 is 0.650 bits per heavy atom. The highest BCUT2D eigenvalue weighted by Gasteiger charge is 2.33. The maximum atomic E-state index is 12.4. The van der Waals surface area contributed by atoms with E-state index in [2.05, 4.69) is 103 Å². The molecular weight excluding hydrogens is 1160 g/mol. The average Bonchev–Trinajstić information content (AvgIpc) is 4.15. The number of phenolic OH excluding ortho intramolecular Hbond substituents is 1. The van der Waals surface area contributed by atoms with Crippen LogP contribution in [0.5, 0.6) is 5.75 Å². The van der Waals surface area contributed by atoms with Crippen molar-refractivity contribution in [2.45, 2.75) is 194 Å². The van der Waals surface area contributed by atoms with E-state index < -0.39 is 39.5 Å². The van der Waals surface area contributed by atoms with Crippen molar-refractivity contribution < 1.29 is 33.6 Å². The lowest BCUT2D eigenvalue weighted by Crippen LogP contribution is -2.45. The predicted octanol–water partition coefficient (Wildman–Crippen LogP) is 14.9. The lowest BCUT2D eigenvalue weighted by Gasteiger charge is -2.25. The number of aryl methyl sites for hydroxylation is 2. The first kappa shape index (κ1) is 62.6. The number of halogens is 3. The molecule has 2 fully saturated rings. The molecule has 4 aromatic heterocycles. The number of aromatic nitrogens is 6. The molecule has 4 heterocycles. The first-order chi connectivity index (χ1) is 37.4. The quantitative estimate of drug-likeness (QED) is 0.0402. The number of amides is 2. The van der Waals surface area contributed by atoms with E-state index in [9.17, 15) is 14.7 Å². The summed E-state index contributed by atoms with van der Waals surface area (Å²) in [5, 5.41) is 26.1. The van der Waals surface area contributed by atoms with Crippen LogP contribution in [0.4, 0.5) is 21.5 Å². The van der Waals surface area contributed by atoms with Crippen LogP contribution < -0.4 is 21.3 Å². The third-order valence-electron chi connectivity index (χ3n) is 13.9. The second-order valence-electron chi connectivity index (χ2n) is 25.6. The number of hydrogen-bond donors (Lipinski definition) is 5. The Morgan fingerprint density at radius 2 is 1.05 bits per heavy atom. The Bertz CT molecular complexity index is 2940. The summed E-state index contributed by atoms with van der Waals surface area (Å²) in [6.45, 7) is 31.2. The molecule has 22 heteroatoms. The van der Waals surface area contributed by atoms with Gasteiger partial charge in [-0.25, -0.2) is 29.5 Å². The van der Waals surface area contributed by atoms with Crippen LogP contribution >= 0.6 is 39.1 Å². The van der Waals surface area contributed by atoms with Gasteiger partial charge in [-0.05, 0) is 151 Å². The Labute approximate surface area is 492 Å². The van der Waals surface area contributed by atoms with Crippen LogP contribution in [-0.4, -0.2) is 111 Å². The van der Waals surface area contributed by atoms with E-state index in [1.165, 1.54) is 0 Å². The van der Waals surface area contributed by atoms with E-state index >= 15 is 0 Å². The summed E-state index contributed by atoms with van der Waals surface area (Å²) in [7, 11) is -2.42. The summed E-state index contributed by atoms with van der Waals surface area (Å²) in [5.41, 5.74) is 5.81. The SMILES string of the molecule is Cc1cnc(N[C@H]2CCC[C@@H]2NC(=O)OC(C)(C)C)nc1-c1cn(COCC[Si](C)(C)C)c2c(Cl)c(Br)ccc12.Cc1cnc(N[C@H]2CCC[C@@H]2NC(=O)OC(C)(C)C)nc1-c1cn(COCC[Si](C)(C)C)c2c(Cl)c(O)ccc12. The number of ether oxygens (including phenoxy) is 4. The summed E-state index contributed by atoms with van der Waals surface area (Å²) in [4.78, 5) is 43.8. The lowest BCUT2D eigenvalue weighted by atomic mass is 10.1. The predicted molar refractivity (Wildman–Crippen MR) is 332 cm³/mol. The van der Waals surface area contributed by atoms with Crippen LogP contribution in [0.25, 0.3) is 44.3 Å². The summed E-state index contributed by atoms with van der Waals surface area (Å²) < 4.78 is 27.9. The molecule has 4 atom stereocenters. The fraction of sp³-hybridized carbons (Fsp3) is 0.552. The topological polar surface area (TPSA) is 201 Å². The molecule has 2 saturated carbocycles. The third kappa shape index (κ3) is 17.1. The average molecular weight is 1240 g/mol. The van der Waals surface area contributed by atoms with Gasteiger partial charge in [0.25, 0.3) is 0 Å². The van der Waals surface area contributed by atoms with Crippen LogP contribution in [-0.2, 0) is 32.4 Å². The molecule has 0 bridgehead atoms. The minimum Gasteiger partial charge on any atom is -0.506 e. The molecule has 0 saturated heterocycles. The molecule has 2 aromatic carbocycles. The van der Waals surface area contributed by atoms with Crippen LogP contribution in [0.3, 0.4) is 0 Å². The number of phenols is 1. The molecule has 0 unspecified atom stereocenters. The van der Waals surface area contributed by atoms with Gasteiger partial charge in [0.1, 0.15) is 35.4 Å². The van der Waals surface area contributed by atoms with Crippen molar-refractivity contribution in [1.82, 2.24) is 39.7 Å². The molecule has 8 rings (SSSR count). The number of carbonyl (C=O) groups is 2. The summed E-state index contributed by atoms with van der Waals surface area (Å²) in [6, 6.07) is 9.49. The number of nitrogens with zero attached hydrogens (tertiary/aromatic N) is 6. The van der Waals surface area contributed by atoms with Gasteiger partial charge in [0.15, 0.2) is 0 Å². The van der Waals surface area contributed by atoms with E-state index in [1.54, 1.807) is 12.3 Å². The van der Waals surface area contributed by atoms with Gasteiger partial charge in [-0.3, -0.25) is 0 Å². The van der Waals surface area contributed by atoms with Crippen molar-refractivity contribution in [3.8, 4) is 28.3 Å². The Morgan fingerprint density at radius 3 is 1.46 bits per heavy atom. The van der Waals surface area contributed by atoms with Gasteiger partial charge in [-0.15, -0.1) is 0 Å². The molecule has 5 N–H and O–H groups in total. The highest BCUT2D eigenvalue weighted by atomic mass is 79.9. The third-order valence-corrected chi connectivity index (χ3v) is 18.9. The zero-order valence-corrected chi connectivity index (χ0v) is 54.2. The smallest absolute Gasteiger partial charge is 0.407 e. The second-order valence-corrected chi connectivity index (χ2v) is 38.4. The first-order valence-corrected chi connectivity index (χ1v) is 36.7. The normalized spacial score (nSPS) is 17.8. The lowest BCUT2D eigenvalue weighted by molar-refractivity contribution is 0.0491. The first-order valence-electron chi connectivity index (χ1n) is 27.8. The van der Waals surface area contributed by atoms with E-state index in [1.807, 2.05) is 84.5 Å². The Hall–Kier alpha value is -4.97. The van der Waals surface area contributed by atoms with Crippen LogP contribution in [0, 0.1) is 13.8 Å². The van der Waals surface area contributed by atoms with Crippen LogP contribution in [0.1, 0.15) is 91.2 Å². The minimum atomic E-state index is -1.23. The van der Waals surface area contributed by atoms with Gasteiger partial charge in [0, 0.05) is 92.6 Å². The number of nitrogens with one attached hydrogen (secondary N) is 4. The molecule has 2 aliphatic rings. The molecule has 436 valence electrons. The van der Waals surface area contributed by atoms with E-state index in [0.29, 0.717) is 42.5 Å². The number of alkyl carbamates (subject to hydrolysis) is 2. The van der Waals surface area contributed by atoms with Crippen molar-refractivity contribution >= 4 is 101 Å². The standard InChI is InChI=1S/C29H41BrClN5O3Si.C29H42ClN5O4Si/c1-18-15-32-27(33-22-9-8-10-23(22)34-28(37)39-29(2,3)4)35-25(18)20-16-36(17-38-13-14-40(5,6)7)26-19(20)11-12-21(30)24(26)31;1-18-15-31-27(32-21-9-8-10-22(21)33-28(37)39-29(2,3)4)34-25(18)20-16-35(17-38-13-14-40(5,6)7)26-19(20)11-12-23(36)24(26)30/h11-12,15-16,22-23H,8-10,13-14,17H2,1-7H3,(H,34,37)(H,32,33,35);11-12,15-16,21-22,36H,8-10,13-14,17H2,1-7H3,(H,33,37)(H,31,32,34)/t22-,23-;21-,22-/m00/s1. The van der Waals surface area contributed by atoms with Crippen molar-refractivity contribution in [3.05, 3.63) is 74.7 Å². The zero-order valence-electron chi connectivity index (χ0n) is 49.1. The Balaban J connectivity index is 0.000000231. The number of benzene rings is 2. The van der Waals surface area contributed by atoms with Crippen LogP contribution in [0.15, 0.2) is 53.5 Å². The van der Waals surface area contributed by atoms with Gasteiger partial charge < -0.3 is 54.5 Å². The van der Waals surface area contributed by atoms with Crippen molar-refractivity contribution in [2.24, 2.45) is 0 Å². The molecule has 0 spiro atoms. The Kier molecular flexibility index (Phi) is 20.4. The van der Waals surface area contributed by atoms with Gasteiger partial charge in [-0.2, -0.15) is 0 Å². The van der Waals surface area contributed by atoms with E-state index in [4.69, 9.17) is 52.1 Å². The number of anilines is 2. The van der Waals surface area contributed by atoms with Crippen LogP contribution in [0.2, 0.25) is 61.4 Å². The van der Waals surface area contributed by atoms with Gasteiger partial charge in [0.05, 0.1) is 39.5 Å². The molecule has 0 aliphatic heterocycles. The molecule has 6 aromatic rings. The van der Waals surface area contributed by atoms with Gasteiger partial charge in [-0.1, -0.05) is 68.6 Å². The number of aromatic hydroxyl groups is 1. The fourth-order valence-electron chi connectivity index (χ4n) is 9.76. The maximum absolute atomic E-state index is 12.4. The minimum absolute atomic E-state index is 0.00887. The molecule has 2 amide bonds. The van der Waals surface area contributed by atoms with E-state index in [-0.39, 0.29) is 34.9 Å². The highest BCUT2D eigenvalue weighted by Crippen LogP contribution is 2.41. The largest absolute Gasteiger partial charge is 0.506 e. The number of rotatable bonds is 18. The second kappa shape index (κ2) is 26.1. The van der Waals surface area contributed by atoms with Crippen molar-refractivity contribution in [2.75, 3.05) is 23.8 Å². The number of fused-ring (bicyclic) bond motifs is 2. The summed E-state index contributed by atoms with van der Waals surface area (Å²) in [5.74, 6) is 1.04. The summed E-state index contributed by atoms with van der Waals surface area (Å²) in [6.07, 6.45) is 12.3. The molecular formula is C58H83BrCl2N10O7Si2. The highest BCUT2D eigenvalue weighted by molar-refractivity contribution is 9.10. The molecule has 17 nitrogen and oxygen atoms in total. The molecule has 2 aliphatic carbocycles. The van der Waals surface area contributed by atoms with Gasteiger partial charge in [0.2, 0.25) is 11.9 Å². The number of hydrogen-bond acceptors (Lipinski definition) is 13. The van der Waals surface area contributed by atoms with Crippen molar-refractivity contribution in [1.29, 1.82) is 0 Å². The number of carbonyl (C=O) groups excluding carboxylic acids is 2. The molecule has 80 heavy (non-hydrogen) atoms. The fourth-order valence-corrected chi connectivity index (χ4v) is 12.1. The monoisotopic (exact) mass is 1240 g/mol. The maximum Gasteiger partial charge on any atom is 0.407 e. The summed E-state index contributed by atoms with van der Waals surface area (Å²) >= 11 is 17.0. The van der Waals surface area contributed by atoms with E-state index in [0.717, 1.165) is 112 Å². The van der Waals surface area contributed by atoms with Crippen molar-refractivity contribution in [3.63, 3.8) is 0 Å². The van der Waals surface area contributed by atoms with Gasteiger partial charge >= 0.3 is 12.2 Å². The zero-order chi connectivity index (χ0) is 58.5.